The molecule has 1 aromatic carbocycles. The van der Waals surface area contributed by atoms with Gasteiger partial charge in [-0.05, 0) is 26.3 Å². The Morgan fingerprint density at radius 3 is 2.88 bits per heavy atom. The summed E-state index contributed by atoms with van der Waals surface area (Å²) >= 11 is 0. The van der Waals surface area contributed by atoms with Crippen molar-refractivity contribution in [1.82, 2.24) is 24.5 Å². The van der Waals surface area contributed by atoms with Crippen LogP contribution in [0.5, 0.6) is 5.88 Å². The quantitative estimate of drug-likeness (QED) is 0.651. The molecule has 0 saturated carbocycles. The van der Waals surface area contributed by atoms with Crippen LogP contribution in [0.2, 0.25) is 0 Å². The monoisotopic (exact) mass is 451 g/mol. The molecule has 0 radical (unpaired) electrons. The van der Waals surface area contributed by atoms with Gasteiger partial charge in [-0.3, -0.25) is 0 Å². The fraction of sp³-hybridized carbons (Fsp3) is 0.348. The Kier molecular flexibility index (Phi) is 4.90. The van der Waals surface area contributed by atoms with E-state index in [0.29, 0.717) is 35.6 Å². The van der Waals surface area contributed by atoms with E-state index in [1.807, 2.05) is 31.2 Å². The fourth-order valence-corrected chi connectivity index (χ4v) is 6.09. The van der Waals surface area contributed by atoms with Crippen molar-refractivity contribution in [3.05, 3.63) is 59.5 Å². The maximum Gasteiger partial charge on any atom is 0.263 e. The Morgan fingerprint density at radius 2 is 2.09 bits per heavy atom. The maximum absolute atomic E-state index is 13.6. The van der Waals surface area contributed by atoms with E-state index >= 15 is 0 Å². The van der Waals surface area contributed by atoms with Crippen molar-refractivity contribution in [1.29, 1.82) is 0 Å². The maximum atomic E-state index is 13.6. The molecular formula is C23H25N5O3S. The second-order valence-electron chi connectivity index (χ2n) is 8.45. The van der Waals surface area contributed by atoms with Gasteiger partial charge >= 0.3 is 0 Å². The number of rotatable bonds is 4. The van der Waals surface area contributed by atoms with Gasteiger partial charge in [-0.1, -0.05) is 35.9 Å². The first-order chi connectivity index (χ1) is 15.3. The molecule has 0 saturated heterocycles. The van der Waals surface area contributed by atoms with E-state index in [2.05, 4.69) is 15.4 Å². The Bertz CT molecular complexity index is 1370. The fourth-order valence-electron chi connectivity index (χ4n) is 4.46. The van der Waals surface area contributed by atoms with Gasteiger partial charge < -0.3 is 10.1 Å². The molecule has 0 fully saturated rings. The summed E-state index contributed by atoms with van der Waals surface area (Å²) in [5.41, 5.74) is 4.07. The normalized spacial score (nSPS) is 20.8. The lowest BCUT2D eigenvalue weighted by atomic mass is 9.98. The summed E-state index contributed by atoms with van der Waals surface area (Å²) in [5, 5.41) is 8.30. The van der Waals surface area contributed by atoms with Crippen molar-refractivity contribution in [3.63, 3.8) is 0 Å². The van der Waals surface area contributed by atoms with Crippen LogP contribution in [0.1, 0.15) is 31.5 Å². The number of ether oxygens (including phenoxy) is 1. The molecule has 1 N–H and O–H groups in total. The summed E-state index contributed by atoms with van der Waals surface area (Å²) < 4.78 is 32.9. The van der Waals surface area contributed by atoms with Crippen LogP contribution in [0.15, 0.2) is 48.2 Å². The molecule has 2 aromatic heterocycles. The zero-order valence-corrected chi connectivity index (χ0v) is 19.1. The summed E-state index contributed by atoms with van der Waals surface area (Å²) in [5.74, 6) is 1.05. The summed E-state index contributed by atoms with van der Waals surface area (Å²) in [6.45, 7) is 5.14. The zero-order chi connectivity index (χ0) is 22.5. The van der Waals surface area contributed by atoms with Crippen LogP contribution in [0.4, 0.5) is 0 Å². The van der Waals surface area contributed by atoms with Crippen LogP contribution >= 0.6 is 0 Å². The SMILES string of the molecule is COc1nc(-c2cccc3c2cnn3S(=O)(=O)C2(C)C=C(C)C=CC2)nc2c1CNCC2. The lowest BCUT2D eigenvalue weighted by Crippen LogP contribution is -2.39. The molecule has 166 valence electrons. The predicted molar refractivity (Wildman–Crippen MR) is 123 cm³/mol. The van der Waals surface area contributed by atoms with Crippen LogP contribution in [-0.4, -0.2) is 46.0 Å². The zero-order valence-electron chi connectivity index (χ0n) is 18.3. The molecule has 3 aromatic rings. The number of aromatic nitrogens is 4. The van der Waals surface area contributed by atoms with Gasteiger partial charge in [0.2, 0.25) is 5.88 Å². The third kappa shape index (κ3) is 3.15. The minimum absolute atomic E-state index is 0.396. The van der Waals surface area contributed by atoms with E-state index in [1.165, 1.54) is 0 Å². The predicted octanol–water partition coefficient (Wildman–Crippen LogP) is 2.99. The van der Waals surface area contributed by atoms with Gasteiger partial charge in [0, 0.05) is 36.0 Å². The van der Waals surface area contributed by atoms with Gasteiger partial charge in [0.25, 0.3) is 10.0 Å². The third-order valence-corrected chi connectivity index (χ3v) is 8.37. The average molecular weight is 452 g/mol. The highest BCUT2D eigenvalue weighted by Gasteiger charge is 2.40. The van der Waals surface area contributed by atoms with Gasteiger partial charge in [0.05, 0.1) is 24.5 Å². The first kappa shape index (κ1) is 20.8. The highest BCUT2D eigenvalue weighted by Crippen LogP contribution is 2.35. The van der Waals surface area contributed by atoms with Gasteiger partial charge in [0.1, 0.15) is 4.75 Å². The van der Waals surface area contributed by atoms with E-state index in [9.17, 15) is 8.42 Å². The second kappa shape index (κ2) is 7.53. The molecule has 9 heteroatoms. The van der Waals surface area contributed by atoms with Crippen molar-refractivity contribution in [2.75, 3.05) is 13.7 Å². The van der Waals surface area contributed by atoms with Crippen molar-refractivity contribution in [3.8, 4) is 17.3 Å². The number of hydrogen-bond acceptors (Lipinski definition) is 7. The highest BCUT2D eigenvalue weighted by molar-refractivity contribution is 7.91. The Labute approximate surface area is 187 Å². The van der Waals surface area contributed by atoms with Crippen molar-refractivity contribution in [2.45, 2.75) is 38.0 Å². The minimum Gasteiger partial charge on any atom is -0.481 e. The number of hydrogen-bond donors (Lipinski definition) is 1. The molecule has 1 aliphatic carbocycles. The molecule has 1 aliphatic heterocycles. The highest BCUT2D eigenvalue weighted by atomic mass is 32.2. The number of allylic oxidation sites excluding steroid dienone is 3. The smallest absolute Gasteiger partial charge is 0.263 e. The molecule has 5 rings (SSSR count). The molecule has 1 unspecified atom stereocenters. The van der Waals surface area contributed by atoms with E-state index in [-0.39, 0.29) is 0 Å². The molecular weight excluding hydrogens is 426 g/mol. The van der Waals surface area contributed by atoms with Crippen LogP contribution in [0.25, 0.3) is 22.3 Å². The van der Waals surface area contributed by atoms with Gasteiger partial charge in [-0.15, -0.1) is 0 Å². The topological polar surface area (TPSA) is 99.0 Å². The first-order valence-electron chi connectivity index (χ1n) is 10.6. The number of benzene rings is 1. The lowest BCUT2D eigenvalue weighted by molar-refractivity contribution is 0.386. The molecule has 3 heterocycles. The van der Waals surface area contributed by atoms with E-state index in [4.69, 9.17) is 9.72 Å². The number of fused-ring (bicyclic) bond motifs is 2. The first-order valence-corrected chi connectivity index (χ1v) is 12.0. The summed E-state index contributed by atoms with van der Waals surface area (Å²) in [6.07, 6.45) is 8.39. The molecule has 2 aliphatic rings. The molecule has 0 amide bonds. The molecule has 8 nitrogen and oxygen atoms in total. The van der Waals surface area contributed by atoms with Gasteiger partial charge in [-0.25, -0.2) is 13.4 Å². The number of nitrogens with one attached hydrogen (secondary N) is 1. The molecule has 32 heavy (non-hydrogen) atoms. The lowest BCUT2D eigenvalue weighted by Gasteiger charge is -2.27. The molecule has 0 bridgehead atoms. The second-order valence-corrected chi connectivity index (χ2v) is 10.7. The molecule has 0 spiro atoms. The molecule has 1 atom stereocenters. The number of methoxy groups -OCH3 is 1. The standard InChI is InChI=1S/C23H25N5O3S/c1-15-6-5-10-23(2,12-15)32(29,30)28-20-8-4-7-16(17(20)14-25-28)21-26-19-9-11-24-13-18(19)22(27-21)31-3/h4-8,12,14,24H,9-11,13H2,1-3H3. The van der Waals surface area contributed by atoms with Gasteiger partial charge in [-0.2, -0.15) is 14.2 Å². The van der Waals surface area contributed by atoms with Crippen LogP contribution in [0, 0.1) is 0 Å². The summed E-state index contributed by atoms with van der Waals surface area (Å²) in [6, 6.07) is 5.46. The van der Waals surface area contributed by atoms with Crippen LogP contribution < -0.4 is 10.1 Å². The van der Waals surface area contributed by atoms with Crippen molar-refractivity contribution >= 4 is 20.9 Å². The van der Waals surface area contributed by atoms with E-state index < -0.39 is 14.8 Å². The Hall–Kier alpha value is -3.04. The Balaban J connectivity index is 1.66. The summed E-state index contributed by atoms with van der Waals surface area (Å²) in [4.78, 5) is 9.42. The largest absolute Gasteiger partial charge is 0.481 e. The van der Waals surface area contributed by atoms with Crippen LogP contribution in [-0.2, 0) is 23.0 Å². The minimum atomic E-state index is -3.80. The Morgan fingerprint density at radius 1 is 1.25 bits per heavy atom. The number of nitrogens with zero attached hydrogens (tertiary/aromatic N) is 4. The van der Waals surface area contributed by atoms with E-state index in [0.717, 1.165) is 39.4 Å². The summed E-state index contributed by atoms with van der Waals surface area (Å²) in [7, 11) is -2.20. The van der Waals surface area contributed by atoms with Crippen molar-refractivity contribution in [2.24, 2.45) is 0 Å². The van der Waals surface area contributed by atoms with Crippen molar-refractivity contribution < 1.29 is 13.2 Å². The van der Waals surface area contributed by atoms with Crippen LogP contribution in [0.3, 0.4) is 0 Å². The third-order valence-electron chi connectivity index (χ3n) is 6.16. The average Bonchev–Trinajstić information content (AvgIpc) is 3.23. The van der Waals surface area contributed by atoms with E-state index in [1.54, 1.807) is 32.4 Å². The van der Waals surface area contributed by atoms with Gasteiger partial charge in [0.15, 0.2) is 5.82 Å².